The van der Waals surface area contributed by atoms with E-state index in [1.165, 1.54) is 28.9 Å². The number of benzene rings is 3. The van der Waals surface area contributed by atoms with E-state index in [2.05, 4.69) is 26.3 Å². The number of amides is 1. The van der Waals surface area contributed by atoms with Crippen molar-refractivity contribution in [3.63, 3.8) is 0 Å². The number of anilines is 1. The number of rotatable bonds is 8. The number of nitro benzene ring substituents is 1. The topological polar surface area (TPSA) is 109 Å². The summed E-state index contributed by atoms with van der Waals surface area (Å²) in [5.74, 6) is 0.686. The van der Waals surface area contributed by atoms with Gasteiger partial charge < -0.3 is 14.8 Å². The number of hydrogen-bond donors (Lipinski definition) is 1. The summed E-state index contributed by atoms with van der Waals surface area (Å²) in [4.78, 5) is 23.6. The van der Waals surface area contributed by atoms with E-state index in [4.69, 9.17) is 21.1 Å². The van der Waals surface area contributed by atoms with Crippen molar-refractivity contribution in [3.05, 3.63) is 104 Å². The number of hydrogen-bond acceptors (Lipinski definition) is 6. The van der Waals surface area contributed by atoms with Gasteiger partial charge in [0.15, 0.2) is 12.4 Å². The lowest BCUT2D eigenvalue weighted by molar-refractivity contribution is -0.384. The first-order valence-corrected chi connectivity index (χ1v) is 11.4. The fourth-order valence-electron chi connectivity index (χ4n) is 3.10. The molecule has 1 heterocycles. The Kier molecular flexibility index (Phi) is 7.33. The summed E-state index contributed by atoms with van der Waals surface area (Å²) < 4.78 is 13.7. The van der Waals surface area contributed by atoms with E-state index in [0.29, 0.717) is 16.5 Å². The van der Waals surface area contributed by atoms with Gasteiger partial charge in [0.25, 0.3) is 11.6 Å². The van der Waals surface area contributed by atoms with E-state index in [0.717, 1.165) is 10.0 Å². The molecule has 0 bridgehead atoms. The molecule has 9 nitrogen and oxygen atoms in total. The maximum atomic E-state index is 12.7. The second-order valence-electron chi connectivity index (χ2n) is 7.38. The molecule has 0 saturated heterocycles. The standard InChI is InChI=1S/C24H18BrClN4O5/c1-15-4-2-3-5-22(15)35-19-12-17(11-18(13-19)30(32)33)27-24(31)21-8-9-29(28-21)14-34-23-7-6-16(25)10-20(23)26/h2-13H,14H2,1H3,(H,27,31). The first-order chi connectivity index (χ1) is 16.8. The van der Waals surface area contributed by atoms with E-state index < -0.39 is 10.8 Å². The van der Waals surface area contributed by atoms with Crippen LogP contribution >= 0.6 is 27.5 Å². The van der Waals surface area contributed by atoms with Crippen molar-refractivity contribution in [3.8, 4) is 17.2 Å². The quantitative estimate of drug-likeness (QED) is 0.193. The number of halogens is 2. The third kappa shape index (κ3) is 6.17. The highest BCUT2D eigenvalue weighted by Gasteiger charge is 2.16. The number of nitrogens with one attached hydrogen (secondary N) is 1. The second-order valence-corrected chi connectivity index (χ2v) is 8.71. The first kappa shape index (κ1) is 24.2. The molecular weight excluding hydrogens is 540 g/mol. The van der Waals surface area contributed by atoms with Crippen LogP contribution in [0.5, 0.6) is 17.2 Å². The molecule has 0 unspecified atom stereocenters. The molecule has 0 aliphatic heterocycles. The minimum absolute atomic E-state index is 0.0276. The maximum Gasteiger partial charge on any atom is 0.276 e. The lowest BCUT2D eigenvalue weighted by Crippen LogP contribution is -2.14. The molecular formula is C24H18BrClN4O5. The van der Waals surface area contributed by atoms with Crippen molar-refractivity contribution in [2.75, 3.05) is 5.32 Å². The Bertz CT molecular complexity index is 1410. The summed E-state index contributed by atoms with van der Waals surface area (Å²) >= 11 is 9.47. The van der Waals surface area contributed by atoms with Gasteiger partial charge in [0, 0.05) is 22.8 Å². The zero-order chi connectivity index (χ0) is 24.9. The van der Waals surface area contributed by atoms with Gasteiger partial charge in [-0.25, -0.2) is 4.68 Å². The third-order valence-electron chi connectivity index (χ3n) is 4.80. The summed E-state index contributed by atoms with van der Waals surface area (Å²) in [6.45, 7) is 1.89. The molecule has 4 aromatic rings. The number of nitro groups is 1. The minimum Gasteiger partial charge on any atom is -0.470 e. The summed E-state index contributed by atoms with van der Waals surface area (Å²) in [7, 11) is 0. The molecule has 0 aliphatic rings. The number of para-hydroxylation sites is 1. The highest BCUT2D eigenvalue weighted by atomic mass is 79.9. The summed E-state index contributed by atoms with van der Waals surface area (Å²) in [5, 5.41) is 18.7. The van der Waals surface area contributed by atoms with Crippen LogP contribution < -0.4 is 14.8 Å². The van der Waals surface area contributed by atoms with Crippen molar-refractivity contribution in [2.24, 2.45) is 0 Å². The van der Waals surface area contributed by atoms with Crippen LogP contribution in [0.25, 0.3) is 0 Å². The fraction of sp³-hybridized carbons (Fsp3) is 0.0833. The Balaban J connectivity index is 1.47. The molecule has 35 heavy (non-hydrogen) atoms. The zero-order valence-corrected chi connectivity index (χ0v) is 20.6. The molecule has 0 saturated carbocycles. The van der Waals surface area contributed by atoms with E-state index in [1.54, 1.807) is 36.5 Å². The normalized spacial score (nSPS) is 10.6. The van der Waals surface area contributed by atoms with Gasteiger partial charge in [-0.05, 0) is 42.8 Å². The highest BCUT2D eigenvalue weighted by molar-refractivity contribution is 9.10. The Hall–Kier alpha value is -3.89. The van der Waals surface area contributed by atoms with Gasteiger partial charge in [0.1, 0.15) is 17.2 Å². The lowest BCUT2D eigenvalue weighted by atomic mass is 10.2. The molecule has 178 valence electrons. The molecule has 1 N–H and O–H groups in total. The monoisotopic (exact) mass is 556 g/mol. The fourth-order valence-corrected chi connectivity index (χ4v) is 3.82. The van der Waals surface area contributed by atoms with Crippen LogP contribution in [0, 0.1) is 17.0 Å². The van der Waals surface area contributed by atoms with Crippen LogP contribution in [0.15, 0.2) is 77.4 Å². The average molecular weight is 558 g/mol. The number of carbonyl (C=O) groups excluding carboxylic acids is 1. The molecule has 4 rings (SSSR count). The first-order valence-electron chi connectivity index (χ1n) is 10.2. The molecule has 0 fully saturated rings. The van der Waals surface area contributed by atoms with Gasteiger partial charge in [-0.15, -0.1) is 0 Å². The van der Waals surface area contributed by atoms with Gasteiger partial charge >= 0.3 is 0 Å². The Labute approximate surface area is 213 Å². The van der Waals surface area contributed by atoms with Crippen LogP contribution in [0.3, 0.4) is 0 Å². The molecule has 1 amide bonds. The predicted octanol–water partition coefficient (Wildman–Crippen LogP) is 6.60. The van der Waals surface area contributed by atoms with Crippen LogP contribution in [-0.2, 0) is 6.73 Å². The summed E-state index contributed by atoms with van der Waals surface area (Å²) in [6.07, 6.45) is 1.57. The molecule has 0 spiro atoms. The van der Waals surface area contributed by atoms with Crippen molar-refractivity contribution in [1.29, 1.82) is 0 Å². The van der Waals surface area contributed by atoms with Crippen LogP contribution in [0.2, 0.25) is 5.02 Å². The van der Waals surface area contributed by atoms with Crippen molar-refractivity contribution < 1.29 is 19.2 Å². The number of ether oxygens (including phenoxy) is 2. The largest absolute Gasteiger partial charge is 0.470 e. The second kappa shape index (κ2) is 10.6. The van der Waals surface area contributed by atoms with Crippen LogP contribution in [0.1, 0.15) is 16.1 Å². The third-order valence-corrected chi connectivity index (χ3v) is 5.59. The Morgan fingerprint density at radius 3 is 2.69 bits per heavy atom. The van der Waals surface area contributed by atoms with Gasteiger partial charge in [-0.1, -0.05) is 45.7 Å². The van der Waals surface area contributed by atoms with Crippen LogP contribution in [-0.4, -0.2) is 20.6 Å². The molecule has 0 radical (unpaired) electrons. The Morgan fingerprint density at radius 1 is 1.14 bits per heavy atom. The summed E-state index contributed by atoms with van der Waals surface area (Å²) in [6, 6.07) is 18.0. The van der Waals surface area contributed by atoms with Crippen LogP contribution in [0.4, 0.5) is 11.4 Å². The SMILES string of the molecule is Cc1ccccc1Oc1cc(NC(=O)c2ccn(COc3ccc(Br)cc3Cl)n2)cc([N+](=O)[O-])c1. The molecule has 11 heteroatoms. The van der Waals surface area contributed by atoms with Gasteiger partial charge in [0.05, 0.1) is 21.7 Å². The number of non-ortho nitro benzene ring substituents is 1. The minimum atomic E-state index is -0.556. The molecule has 1 aromatic heterocycles. The van der Waals surface area contributed by atoms with E-state index in [1.807, 2.05) is 19.1 Å². The maximum absolute atomic E-state index is 12.7. The average Bonchev–Trinajstić information content (AvgIpc) is 3.29. The number of aryl methyl sites for hydroxylation is 1. The molecule has 0 aliphatic carbocycles. The van der Waals surface area contributed by atoms with Crippen molar-refractivity contribution in [1.82, 2.24) is 9.78 Å². The van der Waals surface area contributed by atoms with Gasteiger partial charge in [0.2, 0.25) is 0 Å². The number of aromatic nitrogens is 2. The van der Waals surface area contributed by atoms with E-state index in [-0.39, 0.29) is 29.5 Å². The highest BCUT2D eigenvalue weighted by Crippen LogP contribution is 2.31. The van der Waals surface area contributed by atoms with Crippen molar-refractivity contribution >= 4 is 44.8 Å². The predicted molar refractivity (Wildman–Crippen MR) is 134 cm³/mol. The lowest BCUT2D eigenvalue weighted by Gasteiger charge is -2.10. The number of nitrogens with zero attached hydrogens (tertiary/aromatic N) is 3. The van der Waals surface area contributed by atoms with Crippen molar-refractivity contribution in [2.45, 2.75) is 13.7 Å². The van der Waals surface area contributed by atoms with Gasteiger partial charge in [-0.3, -0.25) is 14.9 Å². The molecule has 0 atom stereocenters. The Morgan fingerprint density at radius 2 is 1.94 bits per heavy atom. The van der Waals surface area contributed by atoms with Gasteiger partial charge in [-0.2, -0.15) is 5.10 Å². The number of carbonyl (C=O) groups is 1. The molecule has 3 aromatic carbocycles. The zero-order valence-electron chi connectivity index (χ0n) is 18.3. The van der Waals surface area contributed by atoms with E-state index in [9.17, 15) is 14.9 Å². The summed E-state index contributed by atoms with van der Waals surface area (Å²) in [5.41, 5.74) is 0.932. The smallest absolute Gasteiger partial charge is 0.276 e. The van der Waals surface area contributed by atoms with E-state index >= 15 is 0 Å².